The van der Waals surface area contributed by atoms with Crippen LogP contribution in [-0.2, 0) is 21.3 Å². The molecular formula is C10H14N2O3S2. The highest BCUT2D eigenvalue weighted by atomic mass is 32.2. The molecule has 1 aliphatic rings. The molecule has 0 bridgehead atoms. The Balaban J connectivity index is 2.25. The zero-order valence-corrected chi connectivity index (χ0v) is 11.3. The smallest absolute Gasteiger partial charge is 0.271 e. The molecule has 0 amide bonds. The van der Waals surface area contributed by atoms with Crippen molar-refractivity contribution in [1.82, 2.24) is 5.48 Å². The van der Waals surface area contributed by atoms with Gasteiger partial charge in [0.15, 0.2) is 0 Å². The van der Waals surface area contributed by atoms with Crippen LogP contribution in [0.5, 0.6) is 0 Å². The van der Waals surface area contributed by atoms with E-state index in [9.17, 15) is 8.42 Å². The second-order valence-corrected chi connectivity index (χ2v) is 6.82. The molecule has 94 valence electrons. The monoisotopic (exact) mass is 274 g/mol. The van der Waals surface area contributed by atoms with Crippen LogP contribution < -0.4 is 5.48 Å². The summed E-state index contributed by atoms with van der Waals surface area (Å²) in [4.78, 5) is 6.07. The first-order chi connectivity index (χ1) is 8.01. The number of rotatable bonds is 3. The Morgan fingerprint density at radius 2 is 2.35 bits per heavy atom. The fourth-order valence-electron chi connectivity index (χ4n) is 1.46. The van der Waals surface area contributed by atoms with Gasteiger partial charge in [-0.1, -0.05) is 6.92 Å². The van der Waals surface area contributed by atoms with Crippen LogP contribution in [0.4, 0.5) is 0 Å². The molecule has 2 rings (SSSR count). The zero-order chi connectivity index (χ0) is 12.5. The number of hydrogen-bond donors (Lipinski definition) is 1. The van der Waals surface area contributed by atoms with Crippen LogP contribution in [0.1, 0.15) is 25.1 Å². The van der Waals surface area contributed by atoms with E-state index in [4.69, 9.17) is 4.84 Å². The van der Waals surface area contributed by atoms with Gasteiger partial charge in [0.1, 0.15) is 10.0 Å². The summed E-state index contributed by atoms with van der Waals surface area (Å²) < 4.78 is 27.9. The summed E-state index contributed by atoms with van der Waals surface area (Å²) >= 11 is 1.26. The highest BCUT2D eigenvalue weighted by Crippen LogP contribution is 2.24. The van der Waals surface area contributed by atoms with Crippen LogP contribution in [0.2, 0.25) is 0 Å². The molecular weight excluding hydrogens is 260 g/mol. The highest BCUT2D eigenvalue weighted by molar-refractivity contribution is 7.92. The third-order valence-electron chi connectivity index (χ3n) is 2.33. The standard InChI is InChI=1S/C10H14N2O3S2/c1-3-8-4-5-10(16-8)17(13,14)12-9-6-7(2)15-11-9/h4-5,7H,3,6H2,1-2H3,(H,11,12). The van der Waals surface area contributed by atoms with E-state index in [0.29, 0.717) is 12.3 Å². The number of aryl methyl sites for hydroxylation is 1. The number of nitrogens with one attached hydrogen (secondary N) is 1. The van der Waals surface area contributed by atoms with E-state index in [2.05, 4.69) is 9.88 Å². The van der Waals surface area contributed by atoms with E-state index >= 15 is 0 Å². The SMILES string of the molecule is CCc1ccc(S(=O)(=O)/N=C2/CC(C)ON2)s1. The Morgan fingerprint density at radius 1 is 1.59 bits per heavy atom. The largest absolute Gasteiger partial charge is 0.293 e. The van der Waals surface area contributed by atoms with Crippen LogP contribution in [0.25, 0.3) is 0 Å². The predicted octanol–water partition coefficient (Wildman–Crippen LogP) is 1.71. The molecule has 1 N–H and O–H groups in total. The van der Waals surface area contributed by atoms with Crippen molar-refractivity contribution in [2.24, 2.45) is 4.40 Å². The molecule has 7 heteroatoms. The Kier molecular flexibility index (Phi) is 3.50. The molecule has 1 aliphatic heterocycles. The number of nitrogens with zero attached hydrogens (tertiary/aromatic N) is 1. The summed E-state index contributed by atoms with van der Waals surface area (Å²) in [7, 11) is -3.59. The maximum Gasteiger partial charge on any atom is 0.293 e. The lowest BCUT2D eigenvalue weighted by Crippen LogP contribution is -2.14. The predicted molar refractivity (Wildman–Crippen MR) is 66.6 cm³/mol. The van der Waals surface area contributed by atoms with Gasteiger partial charge in [0, 0.05) is 11.3 Å². The molecule has 0 aromatic carbocycles. The van der Waals surface area contributed by atoms with Gasteiger partial charge >= 0.3 is 0 Å². The van der Waals surface area contributed by atoms with Gasteiger partial charge in [-0.05, 0) is 25.5 Å². The topological polar surface area (TPSA) is 67.8 Å². The molecule has 1 unspecified atom stereocenters. The quantitative estimate of drug-likeness (QED) is 0.911. The normalized spacial score (nSPS) is 22.9. The number of hydrogen-bond acceptors (Lipinski definition) is 4. The van der Waals surface area contributed by atoms with Gasteiger partial charge in [0.05, 0.1) is 6.10 Å². The lowest BCUT2D eigenvalue weighted by Gasteiger charge is -1.96. The van der Waals surface area contributed by atoms with Gasteiger partial charge in [-0.25, -0.2) is 0 Å². The van der Waals surface area contributed by atoms with Crippen molar-refractivity contribution in [2.75, 3.05) is 0 Å². The average molecular weight is 274 g/mol. The van der Waals surface area contributed by atoms with E-state index in [0.717, 1.165) is 11.3 Å². The molecule has 1 saturated heterocycles. The van der Waals surface area contributed by atoms with Crippen LogP contribution in [0.15, 0.2) is 20.7 Å². The molecule has 17 heavy (non-hydrogen) atoms. The van der Waals surface area contributed by atoms with Gasteiger partial charge in [0.25, 0.3) is 10.0 Å². The van der Waals surface area contributed by atoms with Crippen molar-refractivity contribution in [3.8, 4) is 0 Å². The molecule has 5 nitrogen and oxygen atoms in total. The van der Waals surface area contributed by atoms with E-state index < -0.39 is 10.0 Å². The Hall–Kier alpha value is -0.920. The van der Waals surface area contributed by atoms with E-state index in [1.54, 1.807) is 6.07 Å². The van der Waals surface area contributed by atoms with Crippen molar-refractivity contribution in [3.63, 3.8) is 0 Å². The maximum absolute atomic E-state index is 12.0. The van der Waals surface area contributed by atoms with Crippen LogP contribution in [0, 0.1) is 0 Å². The first-order valence-electron chi connectivity index (χ1n) is 5.35. The summed E-state index contributed by atoms with van der Waals surface area (Å²) in [5.41, 5.74) is 2.53. The third kappa shape index (κ3) is 2.85. The van der Waals surface area contributed by atoms with Gasteiger partial charge in [-0.2, -0.15) is 8.42 Å². The molecule has 0 spiro atoms. The van der Waals surface area contributed by atoms with E-state index in [1.807, 2.05) is 19.9 Å². The van der Waals surface area contributed by atoms with Gasteiger partial charge in [0.2, 0.25) is 0 Å². The molecule has 0 aliphatic carbocycles. The zero-order valence-electron chi connectivity index (χ0n) is 9.63. The van der Waals surface area contributed by atoms with Gasteiger partial charge in [-0.3, -0.25) is 10.3 Å². The van der Waals surface area contributed by atoms with Crippen molar-refractivity contribution >= 4 is 27.2 Å². The average Bonchev–Trinajstić information content (AvgIpc) is 2.86. The number of thiophene rings is 1. The minimum absolute atomic E-state index is 0.0431. The summed E-state index contributed by atoms with van der Waals surface area (Å²) in [5.74, 6) is 0.365. The lowest BCUT2D eigenvalue weighted by atomic mass is 10.3. The molecule has 1 fully saturated rings. The van der Waals surface area contributed by atoms with Crippen LogP contribution in [0.3, 0.4) is 0 Å². The summed E-state index contributed by atoms with van der Waals surface area (Å²) in [5, 5.41) is 0. The molecule has 0 saturated carbocycles. The lowest BCUT2D eigenvalue weighted by molar-refractivity contribution is 0.0575. The second kappa shape index (κ2) is 4.75. The highest BCUT2D eigenvalue weighted by Gasteiger charge is 2.22. The minimum atomic E-state index is -3.59. The van der Waals surface area contributed by atoms with Crippen LogP contribution in [-0.4, -0.2) is 20.4 Å². The first-order valence-corrected chi connectivity index (χ1v) is 7.61. The molecule has 2 heterocycles. The van der Waals surface area contributed by atoms with Crippen LogP contribution >= 0.6 is 11.3 Å². The Morgan fingerprint density at radius 3 is 2.88 bits per heavy atom. The van der Waals surface area contributed by atoms with E-state index in [1.165, 1.54) is 11.3 Å². The third-order valence-corrected chi connectivity index (χ3v) is 5.34. The number of amidine groups is 1. The summed E-state index contributed by atoms with van der Waals surface area (Å²) in [6, 6.07) is 3.42. The summed E-state index contributed by atoms with van der Waals surface area (Å²) in [6.45, 7) is 3.84. The Labute approximate surface area is 105 Å². The van der Waals surface area contributed by atoms with Crippen molar-refractivity contribution in [2.45, 2.75) is 37.0 Å². The molecule has 0 radical (unpaired) electrons. The molecule has 1 atom stereocenters. The van der Waals surface area contributed by atoms with Gasteiger partial charge in [-0.15, -0.1) is 15.7 Å². The minimum Gasteiger partial charge on any atom is -0.271 e. The number of hydroxylamine groups is 1. The Bertz CT molecular complexity index is 534. The van der Waals surface area contributed by atoms with Crippen molar-refractivity contribution in [1.29, 1.82) is 0 Å². The van der Waals surface area contributed by atoms with Crippen molar-refractivity contribution in [3.05, 3.63) is 17.0 Å². The second-order valence-electron chi connectivity index (χ2n) is 3.82. The van der Waals surface area contributed by atoms with Crippen molar-refractivity contribution < 1.29 is 13.3 Å². The molecule has 1 aromatic rings. The fourth-order valence-corrected chi connectivity index (χ4v) is 3.72. The summed E-state index contributed by atoms with van der Waals surface area (Å²) in [6.07, 6.45) is 1.28. The molecule has 1 aromatic heterocycles. The van der Waals surface area contributed by atoms with E-state index in [-0.39, 0.29) is 10.3 Å². The van der Waals surface area contributed by atoms with Gasteiger partial charge < -0.3 is 0 Å². The first kappa shape index (κ1) is 12.5. The fraction of sp³-hybridized carbons (Fsp3) is 0.500. The number of sulfonamides is 1. The maximum atomic E-state index is 12.0.